The zero-order valence-electron chi connectivity index (χ0n) is 15.9. The number of hydrogen-bond acceptors (Lipinski definition) is 6. The van der Waals surface area contributed by atoms with Crippen LogP contribution < -0.4 is 5.32 Å². The molecule has 1 unspecified atom stereocenters. The van der Waals surface area contributed by atoms with Crippen LogP contribution in [-0.2, 0) is 0 Å². The van der Waals surface area contributed by atoms with Crippen molar-refractivity contribution in [3.8, 4) is 0 Å². The van der Waals surface area contributed by atoms with Crippen LogP contribution in [0.25, 0.3) is 11.2 Å². The Labute approximate surface area is 165 Å². The van der Waals surface area contributed by atoms with E-state index in [0.717, 1.165) is 31.4 Å². The Morgan fingerprint density at radius 3 is 2.38 bits per heavy atom. The predicted octanol–water partition coefficient (Wildman–Crippen LogP) is 3.61. The molecule has 0 aromatic carbocycles. The summed E-state index contributed by atoms with van der Waals surface area (Å²) in [6.07, 6.45) is 1.19. The molecule has 0 spiro atoms. The van der Waals surface area contributed by atoms with Gasteiger partial charge in [0, 0.05) is 12.1 Å². The van der Waals surface area contributed by atoms with Crippen LogP contribution in [0.2, 0.25) is 0 Å². The Balaban J connectivity index is 1.67. The van der Waals surface area contributed by atoms with E-state index in [0.29, 0.717) is 17.0 Å². The first kappa shape index (κ1) is 19.7. The van der Waals surface area contributed by atoms with E-state index in [1.807, 2.05) is 18.4 Å². The lowest BCUT2D eigenvalue weighted by Crippen LogP contribution is -2.31. The van der Waals surface area contributed by atoms with Gasteiger partial charge >= 0.3 is 0 Å². The zero-order valence-corrected chi connectivity index (χ0v) is 15.9. The SMILES string of the molecule is CC(C)n1c([C@@H](NC(O)c2cnc(C(F)F)cn2)C2CC2)nc2cc(F)cnc21. The Bertz CT molecular complexity index is 1000. The standard InChI is InChI=1S/C19H21F3N6O/c1-9(2)28-17-12(5-11(20)6-25-17)26-18(28)15(10-3-4-10)27-19(29)14-8-23-13(7-24-14)16(21)22/h5-10,15-16,19,27,29H,3-4H2,1-2H3/t15-,19?/m0/s1. The molecule has 7 nitrogen and oxygen atoms in total. The van der Waals surface area contributed by atoms with E-state index in [4.69, 9.17) is 0 Å². The number of aromatic nitrogens is 5. The highest BCUT2D eigenvalue weighted by atomic mass is 19.3. The fourth-order valence-electron chi connectivity index (χ4n) is 3.41. The lowest BCUT2D eigenvalue weighted by molar-refractivity contribution is 0.110. The summed E-state index contributed by atoms with van der Waals surface area (Å²) in [7, 11) is 0. The van der Waals surface area contributed by atoms with Crippen LogP contribution in [0.1, 0.15) is 68.6 Å². The van der Waals surface area contributed by atoms with Gasteiger partial charge in [-0.3, -0.25) is 15.3 Å². The van der Waals surface area contributed by atoms with Crippen LogP contribution in [-0.4, -0.2) is 29.6 Å². The second-order valence-corrected chi connectivity index (χ2v) is 7.48. The highest BCUT2D eigenvalue weighted by Gasteiger charge is 2.37. The van der Waals surface area contributed by atoms with Crippen LogP contribution in [0.5, 0.6) is 0 Å². The van der Waals surface area contributed by atoms with Crippen molar-refractivity contribution in [1.82, 2.24) is 29.8 Å². The van der Waals surface area contributed by atoms with E-state index in [9.17, 15) is 18.3 Å². The summed E-state index contributed by atoms with van der Waals surface area (Å²) < 4.78 is 40.9. The molecule has 2 N–H and O–H groups in total. The Hall–Kier alpha value is -2.59. The van der Waals surface area contributed by atoms with E-state index in [1.54, 1.807) is 0 Å². The van der Waals surface area contributed by atoms with Gasteiger partial charge in [-0.2, -0.15) is 0 Å². The lowest BCUT2D eigenvalue weighted by Gasteiger charge is -2.24. The molecule has 3 aromatic heterocycles. The number of imidazole rings is 1. The number of aliphatic hydroxyl groups excluding tert-OH is 1. The summed E-state index contributed by atoms with van der Waals surface area (Å²) in [5.41, 5.74) is 0.696. The molecule has 0 saturated heterocycles. The molecular weight excluding hydrogens is 385 g/mol. The quantitative estimate of drug-likeness (QED) is 0.583. The zero-order chi connectivity index (χ0) is 20.7. The summed E-state index contributed by atoms with van der Waals surface area (Å²) in [4.78, 5) is 16.3. The first-order valence-electron chi connectivity index (χ1n) is 9.42. The molecule has 1 saturated carbocycles. The summed E-state index contributed by atoms with van der Waals surface area (Å²) in [6, 6.07) is 1.01. The van der Waals surface area contributed by atoms with E-state index in [-0.39, 0.29) is 23.7 Å². The van der Waals surface area contributed by atoms with Gasteiger partial charge in [0.2, 0.25) is 0 Å². The van der Waals surface area contributed by atoms with Gasteiger partial charge in [0.25, 0.3) is 6.43 Å². The average molecular weight is 406 g/mol. The molecule has 154 valence electrons. The van der Waals surface area contributed by atoms with Gasteiger partial charge < -0.3 is 9.67 Å². The van der Waals surface area contributed by atoms with Gasteiger partial charge in [0.05, 0.1) is 24.6 Å². The average Bonchev–Trinajstić information content (AvgIpc) is 3.45. The van der Waals surface area contributed by atoms with Crippen molar-refractivity contribution in [2.75, 3.05) is 0 Å². The third-order valence-corrected chi connectivity index (χ3v) is 4.94. The number of nitrogens with one attached hydrogen (secondary N) is 1. The summed E-state index contributed by atoms with van der Waals surface area (Å²) in [5, 5.41) is 13.7. The molecule has 1 fully saturated rings. The third-order valence-electron chi connectivity index (χ3n) is 4.94. The first-order chi connectivity index (χ1) is 13.8. The van der Waals surface area contributed by atoms with Gasteiger partial charge in [-0.15, -0.1) is 0 Å². The molecule has 0 radical (unpaired) electrons. The molecule has 3 aromatic rings. The van der Waals surface area contributed by atoms with Crippen LogP contribution in [0.15, 0.2) is 24.7 Å². The van der Waals surface area contributed by atoms with Crippen LogP contribution in [0.4, 0.5) is 13.2 Å². The maximum absolute atomic E-state index is 13.6. The number of rotatable bonds is 7. The number of halogens is 3. The molecule has 2 atom stereocenters. The fourth-order valence-corrected chi connectivity index (χ4v) is 3.41. The second kappa shape index (κ2) is 7.68. The topological polar surface area (TPSA) is 88.8 Å². The number of nitrogens with zero attached hydrogens (tertiary/aromatic N) is 5. The van der Waals surface area contributed by atoms with Crippen molar-refractivity contribution in [1.29, 1.82) is 0 Å². The van der Waals surface area contributed by atoms with E-state index in [2.05, 4.69) is 25.3 Å². The Morgan fingerprint density at radius 1 is 1.10 bits per heavy atom. The van der Waals surface area contributed by atoms with Crippen molar-refractivity contribution in [2.24, 2.45) is 5.92 Å². The molecule has 29 heavy (non-hydrogen) atoms. The minimum Gasteiger partial charge on any atom is -0.373 e. The normalized spacial score (nSPS) is 16.7. The number of alkyl halides is 2. The molecule has 1 aliphatic rings. The molecule has 0 aliphatic heterocycles. The lowest BCUT2D eigenvalue weighted by atomic mass is 10.1. The molecular formula is C19H21F3N6O. The highest BCUT2D eigenvalue weighted by molar-refractivity contribution is 5.71. The highest BCUT2D eigenvalue weighted by Crippen LogP contribution is 2.42. The van der Waals surface area contributed by atoms with Crippen molar-refractivity contribution < 1.29 is 18.3 Å². The van der Waals surface area contributed by atoms with E-state index in [1.165, 1.54) is 6.07 Å². The minimum atomic E-state index is -2.72. The molecule has 0 bridgehead atoms. The van der Waals surface area contributed by atoms with Crippen molar-refractivity contribution >= 4 is 11.2 Å². The summed E-state index contributed by atoms with van der Waals surface area (Å²) >= 11 is 0. The van der Waals surface area contributed by atoms with E-state index < -0.39 is 24.2 Å². The molecule has 4 rings (SSSR count). The number of hydrogen-bond donors (Lipinski definition) is 2. The number of aliphatic hydroxyl groups is 1. The van der Waals surface area contributed by atoms with Gasteiger partial charge in [0.1, 0.15) is 34.8 Å². The minimum absolute atomic E-state index is 0.0123. The Kier molecular flexibility index (Phi) is 5.22. The number of fused-ring (bicyclic) bond motifs is 1. The molecule has 0 amide bonds. The first-order valence-corrected chi connectivity index (χ1v) is 9.42. The number of pyridine rings is 1. The largest absolute Gasteiger partial charge is 0.373 e. The van der Waals surface area contributed by atoms with Gasteiger partial charge in [-0.1, -0.05) is 0 Å². The molecule has 1 aliphatic carbocycles. The predicted molar refractivity (Wildman–Crippen MR) is 98.4 cm³/mol. The van der Waals surface area contributed by atoms with Crippen molar-refractivity contribution in [2.45, 2.75) is 51.4 Å². The van der Waals surface area contributed by atoms with Crippen LogP contribution in [0, 0.1) is 11.7 Å². The maximum Gasteiger partial charge on any atom is 0.281 e. The summed E-state index contributed by atoms with van der Waals surface area (Å²) in [5.74, 6) is 0.409. The van der Waals surface area contributed by atoms with Gasteiger partial charge in [0.15, 0.2) is 5.65 Å². The van der Waals surface area contributed by atoms with E-state index >= 15 is 0 Å². The van der Waals surface area contributed by atoms with Gasteiger partial charge in [-0.05, 0) is 32.6 Å². The summed E-state index contributed by atoms with van der Waals surface area (Å²) in [6.45, 7) is 3.95. The van der Waals surface area contributed by atoms with Gasteiger partial charge in [-0.25, -0.2) is 23.1 Å². The fraction of sp³-hybridized carbons (Fsp3) is 0.474. The smallest absolute Gasteiger partial charge is 0.281 e. The van der Waals surface area contributed by atoms with Crippen LogP contribution in [0.3, 0.4) is 0 Å². The third kappa shape index (κ3) is 3.95. The van der Waals surface area contributed by atoms with Crippen molar-refractivity contribution in [3.05, 3.63) is 47.7 Å². The maximum atomic E-state index is 13.6. The van der Waals surface area contributed by atoms with Crippen LogP contribution >= 0.6 is 0 Å². The second-order valence-electron chi connectivity index (χ2n) is 7.48. The van der Waals surface area contributed by atoms with Crippen molar-refractivity contribution in [3.63, 3.8) is 0 Å². The Morgan fingerprint density at radius 2 is 1.79 bits per heavy atom. The monoisotopic (exact) mass is 406 g/mol. The molecule has 10 heteroatoms. The molecule has 3 heterocycles.